The molecule has 0 aromatic carbocycles. The van der Waals surface area contributed by atoms with Gasteiger partial charge in [-0.05, 0) is 40.3 Å². The van der Waals surface area contributed by atoms with E-state index in [0.29, 0.717) is 19.1 Å². The maximum atomic E-state index is 11.5. The summed E-state index contributed by atoms with van der Waals surface area (Å²) < 4.78 is 0. The Morgan fingerprint density at radius 1 is 1.47 bits per heavy atom. The fourth-order valence-corrected chi connectivity index (χ4v) is 1.65. The highest BCUT2D eigenvalue weighted by molar-refractivity contribution is 5.78. The van der Waals surface area contributed by atoms with E-state index in [0.717, 1.165) is 12.8 Å². The highest BCUT2D eigenvalue weighted by Crippen LogP contribution is 2.04. The molecule has 0 saturated carbocycles. The Morgan fingerprint density at radius 3 is 2.47 bits per heavy atom. The summed E-state index contributed by atoms with van der Waals surface area (Å²) in [6.45, 7) is 7.19. The minimum atomic E-state index is 0.0861. The zero-order chi connectivity index (χ0) is 11.8. The van der Waals surface area contributed by atoms with Crippen LogP contribution >= 0.6 is 0 Å². The Hall–Kier alpha value is -0.610. The van der Waals surface area contributed by atoms with E-state index in [1.165, 1.54) is 0 Å². The molecule has 0 aromatic rings. The molecule has 90 valence electrons. The predicted molar refractivity (Wildman–Crippen MR) is 63.7 cm³/mol. The third-order valence-electron chi connectivity index (χ3n) is 2.44. The Labute approximate surface area is 93.2 Å². The molecule has 0 aliphatic heterocycles. The van der Waals surface area contributed by atoms with Crippen molar-refractivity contribution in [2.45, 2.75) is 45.7 Å². The molecular weight excluding hydrogens is 190 g/mol. The number of nitrogens with two attached hydrogens (primary N) is 1. The van der Waals surface area contributed by atoms with Crippen LogP contribution in [0.25, 0.3) is 0 Å². The first kappa shape index (κ1) is 14.4. The van der Waals surface area contributed by atoms with Gasteiger partial charge in [0.1, 0.15) is 0 Å². The van der Waals surface area contributed by atoms with Crippen molar-refractivity contribution < 1.29 is 4.79 Å². The van der Waals surface area contributed by atoms with Crippen molar-refractivity contribution in [3.8, 4) is 0 Å². The summed E-state index contributed by atoms with van der Waals surface area (Å²) >= 11 is 0. The van der Waals surface area contributed by atoms with Crippen LogP contribution in [0.15, 0.2) is 0 Å². The maximum absolute atomic E-state index is 11.5. The standard InChI is InChI=1S/C11H25N3O/c1-5-10(6-7-12)14(4)8-11(15)13-9(2)3/h9-10H,5-8,12H2,1-4H3,(H,13,15). The van der Waals surface area contributed by atoms with E-state index >= 15 is 0 Å². The van der Waals surface area contributed by atoms with Crippen LogP contribution in [0, 0.1) is 0 Å². The van der Waals surface area contributed by atoms with Crippen molar-refractivity contribution >= 4 is 5.91 Å². The van der Waals surface area contributed by atoms with Crippen molar-refractivity contribution in [3.63, 3.8) is 0 Å². The van der Waals surface area contributed by atoms with Crippen LogP contribution in [0.5, 0.6) is 0 Å². The molecular formula is C11H25N3O. The molecule has 0 fully saturated rings. The van der Waals surface area contributed by atoms with Gasteiger partial charge in [-0.3, -0.25) is 9.69 Å². The van der Waals surface area contributed by atoms with Gasteiger partial charge in [-0.25, -0.2) is 0 Å². The fourth-order valence-electron chi connectivity index (χ4n) is 1.65. The average Bonchev–Trinajstić information content (AvgIpc) is 2.12. The number of carbonyl (C=O) groups excluding carboxylic acids is 1. The zero-order valence-corrected chi connectivity index (χ0v) is 10.4. The van der Waals surface area contributed by atoms with E-state index in [1.807, 2.05) is 20.9 Å². The number of hydrogen-bond acceptors (Lipinski definition) is 3. The normalized spacial score (nSPS) is 13.3. The molecule has 0 aromatic heterocycles. The summed E-state index contributed by atoms with van der Waals surface area (Å²) in [5, 5.41) is 2.88. The first-order valence-corrected chi connectivity index (χ1v) is 5.70. The Balaban J connectivity index is 3.97. The molecule has 0 radical (unpaired) electrons. The van der Waals surface area contributed by atoms with Crippen LogP contribution in [0.1, 0.15) is 33.6 Å². The lowest BCUT2D eigenvalue weighted by atomic mass is 10.1. The minimum absolute atomic E-state index is 0.0861. The van der Waals surface area contributed by atoms with E-state index in [2.05, 4.69) is 17.1 Å². The van der Waals surface area contributed by atoms with Crippen LogP contribution in [0.4, 0.5) is 0 Å². The van der Waals surface area contributed by atoms with Gasteiger partial charge >= 0.3 is 0 Å². The molecule has 3 N–H and O–H groups in total. The summed E-state index contributed by atoms with van der Waals surface area (Å²) in [6, 6.07) is 0.619. The van der Waals surface area contributed by atoms with E-state index in [9.17, 15) is 4.79 Å². The molecule has 0 rings (SSSR count). The number of rotatable bonds is 7. The van der Waals surface area contributed by atoms with Crippen molar-refractivity contribution in [1.82, 2.24) is 10.2 Å². The number of likely N-dealkylation sites (N-methyl/N-ethyl adjacent to an activating group) is 1. The molecule has 0 aliphatic carbocycles. The highest BCUT2D eigenvalue weighted by Gasteiger charge is 2.15. The third kappa shape index (κ3) is 6.47. The summed E-state index contributed by atoms with van der Waals surface area (Å²) in [4.78, 5) is 13.6. The lowest BCUT2D eigenvalue weighted by Crippen LogP contribution is -2.43. The predicted octanol–water partition coefficient (Wildman–Crippen LogP) is 0.570. The number of carbonyl (C=O) groups is 1. The maximum Gasteiger partial charge on any atom is 0.234 e. The number of nitrogens with one attached hydrogen (secondary N) is 1. The second-order valence-corrected chi connectivity index (χ2v) is 4.28. The second-order valence-electron chi connectivity index (χ2n) is 4.28. The molecule has 1 atom stereocenters. The Kier molecular flexibility index (Phi) is 7.34. The van der Waals surface area contributed by atoms with Gasteiger partial charge in [0.05, 0.1) is 6.54 Å². The molecule has 0 saturated heterocycles. The van der Waals surface area contributed by atoms with Gasteiger partial charge < -0.3 is 11.1 Å². The summed E-state index contributed by atoms with van der Waals surface area (Å²) in [6.07, 6.45) is 1.98. The van der Waals surface area contributed by atoms with Crippen LogP contribution in [0.3, 0.4) is 0 Å². The minimum Gasteiger partial charge on any atom is -0.353 e. The van der Waals surface area contributed by atoms with Crippen molar-refractivity contribution in [2.24, 2.45) is 5.73 Å². The van der Waals surface area contributed by atoms with Crippen LogP contribution < -0.4 is 11.1 Å². The monoisotopic (exact) mass is 215 g/mol. The molecule has 1 amide bonds. The largest absolute Gasteiger partial charge is 0.353 e. The van der Waals surface area contributed by atoms with Gasteiger partial charge in [-0.15, -0.1) is 0 Å². The SMILES string of the molecule is CCC(CCN)N(C)CC(=O)NC(C)C. The van der Waals surface area contributed by atoms with Gasteiger partial charge in [-0.1, -0.05) is 6.92 Å². The lowest BCUT2D eigenvalue weighted by Gasteiger charge is -2.26. The lowest BCUT2D eigenvalue weighted by molar-refractivity contribution is -0.122. The van der Waals surface area contributed by atoms with Crippen LogP contribution in [0.2, 0.25) is 0 Å². The molecule has 0 spiro atoms. The Morgan fingerprint density at radius 2 is 2.07 bits per heavy atom. The van der Waals surface area contributed by atoms with Gasteiger partial charge in [0.15, 0.2) is 0 Å². The molecule has 0 aliphatic rings. The van der Waals surface area contributed by atoms with E-state index in [-0.39, 0.29) is 11.9 Å². The van der Waals surface area contributed by atoms with Crippen molar-refractivity contribution in [2.75, 3.05) is 20.1 Å². The quantitative estimate of drug-likeness (QED) is 0.653. The van der Waals surface area contributed by atoms with E-state index < -0.39 is 0 Å². The zero-order valence-electron chi connectivity index (χ0n) is 10.4. The molecule has 4 nitrogen and oxygen atoms in total. The Bertz CT molecular complexity index is 183. The summed E-state index contributed by atoms with van der Waals surface area (Å²) in [5.41, 5.74) is 5.53. The average molecular weight is 215 g/mol. The topological polar surface area (TPSA) is 58.4 Å². The van der Waals surface area contributed by atoms with Gasteiger partial charge in [-0.2, -0.15) is 0 Å². The van der Waals surface area contributed by atoms with Gasteiger partial charge in [0.25, 0.3) is 0 Å². The van der Waals surface area contributed by atoms with E-state index in [1.54, 1.807) is 0 Å². The number of nitrogens with zero attached hydrogens (tertiary/aromatic N) is 1. The highest BCUT2D eigenvalue weighted by atomic mass is 16.2. The van der Waals surface area contributed by atoms with Crippen LogP contribution in [-0.2, 0) is 4.79 Å². The van der Waals surface area contributed by atoms with Gasteiger partial charge in [0.2, 0.25) is 5.91 Å². The van der Waals surface area contributed by atoms with Gasteiger partial charge in [0, 0.05) is 12.1 Å². The molecule has 1 unspecified atom stereocenters. The third-order valence-corrected chi connectivity index (χ3v) is 2.44. The molecule has 4 heteroatoms. The first-order chi connectivity index (χ1) is 7.01. The van der Waals surface area contributed by atoms with E-state index in [4.69, 9.17) is 5.73 Å². The summed E-state index contributed by atoms with van der Waals surface area (Å²) in [5.74, 6) is 0.0861. The van der Waals surface area contributed by atoms with Crippen molar-refractivity contribution in [3.05, 3.63) is 0 Å². The second kappa shape index (κ2) is 7.65. The van der Waals surface area contributed by atoms with Crippen molar-refractivity contribution in [1.29, 1.82) is 0 Å². The number of amides is 1. The summed E-state index contributed by atoms with van der Waals surface area (Å²) in [7, 11) is 1.98. The molecule has 0 bridgehead atoms. The van der Waals surface area contributed by atoms with Crippen LogP contribution in [-0.4, -0.2) is 43.0 Å². The first-order valence-electron chi connectivity index (χ1n) is 5.70. The smallest absolute Gasteiger partial charge is 0.234 e. The molecule has 15 heavy (non-hydrogen) atoms. The molecule has 0 heterocycles. The fraction of sp³-hybridized carbons (Fsp3) is 0.909. The number of hydrogen-bond donors (Lipinski definition) is 2.